The van der Waals surface area contributed by atoms with Crippen LogP contribution in [0, 0.1) is 5.82 Å². The Morgan fingerprint density at radius 3 is 2.43 bits per heavy atom. The first-order valence-corrected chi connectivity index (χ1v) is 11.2. The Morgan fingerprint density at radius 2 is 1.83 bits per heavy atom. The molecule has 1 aliphatic rings. The normalized spacial score (nSPS) is 16.9. The zero-order chi connectivity index (χ0) is 21.9. The minimum atomic E-state index is -3.60. The van der Waals surface area contributed by atoms with Gasteiger partial charge in [0.15, 0.2) is 0 Å². The lowest BCUT2D eigenvalue weighted by Gasteiger charge is -2.19. The van der Waals surface area contributed by atoms with Gasteiger partial charge in [-0.25, -0.2) is 12.8 Å². The molecule has 1 N–H and O–H groups in total. The Morgan fingerprint density at radius 1 is 1.17 bits per heavy atom. The third-order valence-corrected chi connectivity index (χ3v) is 7.10. The molecule has 2 amide bonds. The maximum Gasteiger partial charge on any atom is 0.251 e. The van der Waals surface area contributed by atoms with Crippen LogP contribution in [0.3, 0.4) is 0 Å². The van der Waals surface area contributed by atoms with Gasteiger partial charge in [-0.15, -0.1) is 0 Å². The largest absolute Gasteiger partial charge is 0.347 e. The first-order valence-electron chi connectivity index (χ1n) is 9.73. The fourth-order valence-corrected chi connectivity index (χ4v) is 4.92. The summed E-state index contributed by atoms with van der Waals surface area (Å²) in [6.07, 6.45) is 0.108. The lowest BCUT2D eigenvalue weighted by Crippen LogP contribution is -2.37. The van der Waals surface area contributed by atoms with Crippen LogP contribution in [0.1, 0.15) is 30.6 Å². The fraction of sp³-hybridized carbons (Fsp3) is 0.333. The molecular formula is C21H24FN3O4S. The van der Waals surface area contributed by atoms with E-state index in [4.69, 9.17) is 0 Å². The number of halogens is 1. The van der Waals surface area contributed by atoms with Gasteiger partial charge in [-0.3, -0.25) is 9.59 Å². The highest BCUT2D eigenvalue weighted by Crippen LogP contribution is 2.23. The lowest BCUT2D eigenvalue weighted by molar-refractivity contribution is -0.117. The third-order valence-electron chi connectivity index (χ3n) is 5.04. The number of sulfonamides is 1. The molecule has 160 valence electrons. The summed E-state index contributed by atoms with van der Waals surface area (Å²) in [5.41, 5.74) is 0.743. The number of anilines is 1. The van der Waals surface area contributed by atoms with Gasteiger partial charge in [-0.05, 0) is 42.5 Å². The summed E-state index contributed by atoms with van der Waals surface area (Å²) in [6, 6.07) is 11.0. The van der Waals surface area contributed by atoms with Gasteiger partial charge < -0.3 is 10.2 Å². The number of carbonyl (C=O) groups excluding carboxylic acids is 2. The van der Waals surface area contributed by atoms with Gasteiger partial charge in [-0.2, -0.15) is 4.31 Å². The number of rotatable bonds is 7. The van der Waals surface area contributed by atoms with Crippen molar-refractivity contribution in [3.8, 4) is 0 Å². The van der Waals surface area contributed by atoms with Crippen LogP contribution in [0.25, 0.3) is 0 Å². The van der Waals surface area contributed by atoms with Crippen LogP contribution < -0.4 is 10.2 Å². The highest BCUT2D eigenvalue weighted by atomic mass is 32.2. The molecule has 0 radical (unpaired) electrons. The van der Waals surface area contributed by atoms with E-state index in [2.05, 4.69) is 5.32 Å². The summed E-state index contributed by atoms with van der Waals surface area (Å²) >= 11 is 0. The van der Waals surface area contributed by atoms with E-state index in [1.54, 1.807) is 19.9 Å². The molecule has 7 nitrogen and oxygen atoms in total. The monoisotopic (exact) mass is 433 g/mol. The minimum Gasteiger partial charge on any atom is -0.347 e. The van der Waals surface area contributed by atoms with Gasteiger partial charge in [0.05, 0.1) is 10.9 Å². The maximum absolute atomic E-state index is 13.4. The zero-order valence-corrected chi connectivity index (χ0v) is 17.7. The average Bonchev–Trinajstić information content (AvgIpc) is 3.08. The molecule has 0 saturated carbocycles. The Hall–Kier alpha value is -2.78. The van der Waals surface area contributed by atoms with Crippen molar-refractivity contribution in [2.75, 3.05) is 24.5 Å². The first-order chi connectivity index (χ1) is 14.3. The molecule has 3 rings (SSSR count). The zero-order valence-electron chi connectivity index (χ0n) is 16.8. The SMILES string of the molecule is CCN(CC)S(=O)(=O)c1ccc(C(=O)NC2CC(=O)N(c3cccc(F)c3)C2)cc1. The summed E-state index contributed by atoms with van der Waals surface area (Å²) in [4.78, 5) is 26.4. The smallest absolute Gasteiger partial charge is 0.251 e. The van der Waals surface area contributed by atoms with Crippen molar-refractivity contribution in [3.63, 3.8) is 0 Å². The summed E-state index contributed by atoms with van der Waals surface area (Å²) in [6.45, 7) is 4.48. The fourth-order valence-electron chi connectivity index (χ4n) is 3.46. The summed E-state index contributed by atoms with van der Waals surface area (Å²) in [5, 5.41) is 2.79. The molecule has 0 spiro atoms. The van der Waals surface area contributed by atoms with Gasteiger partial charge >= 0.3 is 0 Å². The standard InChI is InChI=1S/C21H24FN3O4S/c1-3-24(4-2)30(28,29)19-10-8-15(9-11-19)21(27)23-17-13-20(26)25(14-17)18-7-5-6-16(22)12-18/h5-12,17H,3-4,13-14H2,1-2H3,(H,23,27). The number of hydrogen-bond donors (Lipinski definition) is 1. The Bertz CT molecular complexity index is 1040. The Kier molecular flexibility index (Phi) is 6.52. The molecule has 1 fully saturated rings. The van der Waals surface area contributed by atoms with E-state index < -0.39 is 27.8 Å². The van der Waals surface area contributed by atoms with E-state index >= 15 is 0 Å². The highest BCUT2D eigenvalue weighted by molar-refractivity contribution is 7.89. The number of carbonyl (C=O) groups is 2. The quantitative estimate of drug-likeness (QED) is 0.726. The Balaban J connectivity index is 1.67. The van der Waals surface area contributed by atoms with E-state index in [0.717, 1.165) is 0 Å². The van der Waals surface area contributed by atoms with Crippen molar-refractivity contribution < 1.29 is 22.4 Å². The second-order valence-corrected chi connectivity index (χ2v) is 8.91. The molecular weight excluding hydrogens is 409 g/mol. The molecule has 0 aliphatic carbocycles. The summed E-state index contributed by atoms with van der Waals surface area (Å²) in [5.74, 6) is -1.04. The predicted molar refractivity (Wildman–Crippen MR) is 111 cm³/mol. The average molecular weight is 434 g/mol. The third kappa shape index (κ3) is 4.52. The number of amides is 2. The molecule has 9 heteroatoms. The predicted octanol–water partition coefficient (Wildman–Crippen LogP) is 2.39. The molecule has 1 unspecified atom stereocenters. The van der Waals surface area contributed by atoms with Crippen LogP contribution in [0.15, 0.2) is 53.4 Å². The van der Waals surface area contributed by atoms with Crippen LogP contribution in [0.4, 0.5) is 10.1 Å². The number of hydrogen-bond acceptors (Lipinski definition) is 4. The van der Waals surface area contributed by atoms with Gasteiger partial charge in [-0.1, -0.05) is 19.9 Å². The van der Waals surface area contributed by atoms with Gasteiger partial charge in [0.25, 0.3) is 5.91 Å². The molecule has 0 aromatic heterocycles. The molecule has 2 aromatic carbocycles. The topological polar surface area (TPSA) is 86.8 Å². The van der Waals surface area contributed by atoms with E-state index in [1.165, 1.54) is 51.7 Å². The maximum atomic E-state index is 13.4. The van der Waals surface area contributed by atoms with Crippen molar-refractivity contribution in [2.24, 2.45) is 0 Å². The lowest BCUT2D eigenvalue weighted by atomic mass is 10.2. The molecule has 1 heterocycles. The number of nitrogens with one attached hydrogen (secondary N) is 1. The Labute approximate surface area is 175 Å². The van der Waals surface area contributed by atoms with E-state index in [0.29, 0.717) is 24.3 Å². The number of benzene rings is 2. The van der Waals surface area contributed by atoms with Crippen molar-refractivity contribution in [1.82, 2.24) is 9.62 Å². The van der Waals surface area contributed by atoms with Crippen molar-refractivity contribution in [3.05, 3.63) is 59.9 Å². The minimum absolute atomic E-state index is 0.108. The first kappa shape index (κ1) is 21.9. The van der Waals surface area contributed by atoms with E-state index in [9.17, 15) is 22.4 Å². The van der Waals surface area contributed by atoms with Crippen LogP contribution >= 0.6 is 0 Å². The van der Waals surface area contributed by atoms with Gasteiger partial charge in [0.2, 0.25) is 15.9 Å². The second-order valence-electron chi connectivity index (χ2n) is 6.97. The van der Waals surface area contributed by atoms with Gasteiger partial charge in [0, 0.05) is 37.3 Å². The van der Waals surface area contributed by atoms with Crippen LogP contribution in [-0.2, 0) is 14.8 Å². The van der Waals surface area contributed by atoms with Gasteiger partial charge in [0.1, 0.15) is 5.82 Å². The molecule has 0 bridgehead atoms. The molecule has 1 aliphatic heterocycles. The molecule has 30 heavy (non-hydrogen) atoms. The highest BCUT2D eigenvalue weighted by Gasteiger charge is 2.32. The number of nitrogens with zero attached hydrogens (tertiary/aromatic N) is 2. The summed E-state index contributed by atoms with van der Waals surface area (Å²) < 4.78 is 39.9. The van der Waals surface area contributed by atoms with Crippen molar-refractivity contribution in [2.45, 2.75) is 31.2 Å². The summed E-state index contributed by atoms with van der Waals surface area (Å²) in [7, 11) is -3.60. The van der Waals surface area contributed by atoms with Crippen LogP contribution in [-0.4, -0.2) is 50.2 Å². The van der Waals surface area contributed by atoms with Crippen LogP contribution in [0.2, 0.25) is 0 Å². The molecule has 1 saturated heterocycles. The van der Waals surface area contributed by atoms with E-state index in [1.807, 2.05) is 0 Å². The molecule has 2 aromatic rings. The van der Waals surface area contributed by atoms with Crippen molar-refractivity contribution in [1.29, 1.82) is 0 Å². The molecule has 1 atom stereocenters. The van der Waals surface area contributed by atoms with Crippen LogP contribution in [0.5, 0.6) is 0 Å². The van der Waals surface area contributed by atoms with E-state index in [-0.39, 0.29) is 23.8 Å². The second kappa shape index (κ2) is 8.93. The van der Waals surface area contributed by atoms with Crippen molar-refractivity contribution >= 4 is 27.5 Å².